The zero-order valence-corrected chi connectivity index (χ0v) is 7.57. The van der Waals surface area contributed by atoms with Gasteiger partial charge in [-0.2, -0.15) is 0 Å². The van der Waals surface area contributed by atoms with Crippen LogP contribution in [0.2, 0.25) is 0 Å². The Morgan fingerprint density at radius 3 is 2.20 bits per heavy atom. The maximum atomic E-state index is 10.6. The fourth-order valence-electron chi connectivity index (χ4n) is 0.383. The van der Waals surface area contributed by atoms with Gasteiger partial charge in [0.05, 0.1) is 0 Å². The van der Waals surface area contributed by atoms with Gasteiger partial charge in [-0.1, -0.05) is 6.92 Å². The van der Waals surface area contributed by atoms with Gasteiger partial charge >= 0.3 is 9.53 Å². The van der Waals surface area contributed by atoms with E-state index in [1.165, 1.54) is 14.2 Å². The first-order valence-electron chi connectivity index (χ1n) is 2.99. The van der Waals surface area contributed by atoms with Crippen LogP contribution in [0.4, 0.5) is 0 Å². The monoisotopic (exact) mass is 164 g/mol. The van der Waals surface area contributed by atoms with Crippen LogP contribution in [0.5, 0.6) is 0 Å². The molecule has 0 heterocycles. The highest BCUT2D eigenvalue weighted by atomic mass is 28.3. The lowest BCUT2D eigenvalue weighted by atomic mass is 10.5. The molecule has 0 aliphatic carbocycles. The second-order valence-corrected chi connectivity index (χ2v) is 3.36. The molecule has 0 aliphatic heterocycles. The maximum Gasteiger partial charge on any atom is 0.550 e. The molecular formula is C5H12O4Si. The van der Waals surface area contributed by atoms with Gasteiger partial charge in [0.25, 0.3) is 5.97 Å². The van der Waals surface area contributed by atoms with Gasteiger partial charge in [-0.05, 0) is 0 Å². The Labute approximate surface area is 62.0 Å². The van der Waals surface area contributed by atoms with Crippen molar-refractivity contribution in [1.29, 1.82) is 0 Å². The number of hydrogen-bond donors (Lipinski definition) is 0. The smallest absolute Gasteiger partial charge is 0.476 e. The highest BCUT2D eigenvalue weighted by Gasteiger charge is 2.15. The van der Waals surface area contributed by atoms with Crippen molar-refractivity contribution in [1.82, 2.24) is 0 Å². The van der Waals surface area contributed by atoms with Crippen LogP contribution in [0.1, 0.15) is 13.3 Å². The van der Waals surface area contributed by atoms with E-state index < -0.39 is 9.53 Å². The predicted molar refractivity (Wildman–Crippen MR) is 37.6 cm³/mol. The molecule has 0 spiro atoms. The summed E-state index contributed by atoms with van der Waals surface area (Å²) in [7, 11) is 0.806. The summed E-state index contributed by atoms with van der Waals surface area (Å²) < 4.78 is 14.2. The highest BCUT2D eigenvalue weighted by molar-refractivity contribution is 6.38. The van der Waals surface area contributed by atoms with Gasteiger partial charge in [0.15, 0.2) is 0 Å². The van der Waals surface area contributed by atoms with Crippen LogP contribution in [-0.4, -0.2) is 29.7 Å². The number of rotatable bonds is 4. The van der Waals surface area contributed by atoms with Crippen LogP contribution < -0.4 is 0 Å². The zero-order chi connectivity index (χ0) is 7.98. The van der Waals surface area contributed by atoms with Gasteiger partial charge in [-0.3, -0.25) is 4.79 Å². The van der Waals surface area contributed by atoms with Crippen LogP contribution in [0, 0.1) is 0 Å². The predicted octanol–water partition coefficient (Wildman–Crippen LogP) is -0.0504. The molecule has 0 aromatic heterocycles. The first-order chi connectivity index (χ1) is 4.74. The van der Waals surface area contributed by atoms with Crippen molar-refractivity contribution >= 4 is 15.5 Å². The van der Waals surface area contributed by atoms with E-state index in [9.17, 15) is 4.79 Å². The average Bonchev–Trinajstić information content (AvgIpc) is 1.99. The summed E-state index contributed by atoms with van der Waals surface area (Å²) >= 11 is 0. The molecule has 0 fully saturated rings. The highest BCUT2D eigenvalue weighted by Crippen LogP contribution is 1.91. The lowest BCUT2D eigenvalue weighted by molar-refractivity contribution is -0.137. The first kappa shape index (κ1) is 9.61. The zero-order valence-electron chi connectivity index (χ0n) is 6.42. The molecule has 0 atom stereocenters. The fraction of sp³-hybridized carbons (Fsp3) is 0.800. The molecule has 0 unspecified atom stereocenters. The van der Waals surface area contributed by atoms with E-state index in [1.807, 2.05) is 0 Å². The maximum absolute atomic E-state index is 10.6. The summed E-state index contributed by atoms with van der Waals surface area (Å²) in [6.45, 7) is 1.72. The second-order valence-electron chi connectivity index (χ2n) is 1.60. The quantitative estimate of drug-likeness (QED) is 0.546. The van der Waals surface area contributed by atoms with Gasteiger partial charge in [-0.25, -0.2) is 0 Å². The third-order valence-corrected chi connectivity index (χ3v) is 2.13. The minimum atomic E-state index is -2.12. The topological polar surface area (TPSA) is 44.8 Å². The second kappa shape index (κ2) is 5.40. The van der Waals surface area contributed by atoms with Gasteiger partial charge in [0, 0.05) is 20.6 Å². The summed E-state index contributed by atoms with van der Waals surface area (Å²) in [5.74, 6) is -0.277. The molecule has 0 radical (unpaired) electrons. The molecule has 0 aliphatic rings. The minimum Gasteiger partial charge on any atom is -0.476 e. The molecule has 0 aromatic rings. The number of carbonyl (C=O) groups excluding carboxylic acids is 1. The van der Waals surface area contributed by atoms with Gasteiger partial charge in [0.2, 0.25) is 0 Å². The summed E-state index contributed by atoms with van der Waals surface area (Å²) in [6.07, 6.45) is 0.357. The Kier molecular flexibility index (Phi) is 5.18. The van der Waals surface area contributed by atoms with E-state index in [4.69, 9.17) is 13.3 Å². The molecule has 0 saturated carbocycles. The molecule has 0 rings (SSSR count). The molecular weight excluding hydrogens is 152 g/mol. The molecule has 10 heavy (non-hydrogen) atoms. The van der Waals surface area contributed by atoms with Crippen molar-refractivity contribution in [3.8, 4) is 0 Å². The Bertz CT molecular complexity index is 102. The summed E-state index contributed by atoms with van der Waals surface area (Å²) in [4.78, 5) is 10.6. The molecule has 60 valence electrons. The SMILES string of the molecule is CCC(=O)O[SiH](OC)OC. The summed E-state index contributed by atoms with van der Waals surface area (Å²) in [5, 5.41) is 0. The molecule has 4 nitrogen and oxygen atoms in total. The largest absolute Gasteiger partial charge is 0.550 e. The third kappa shape index (κ3) is 3.60. The van der Waals surface area contributed by atoms with Crippen LogP contribution in [-0.2, 0) is 18.1 Å². The Morgan fingerprint density at radius 2 is 1.90 bits per heavy atom. The van der Waals surface area contributed by atoms with E-state index in [0.717, 1.165) is 0 Å². The van der Waals surface area contributed by atoms with Crippen molar-refractivity contribution in [3.05, 3.63) is 0 Å². The van der Waals surface area contributed by atoms with Crippen molar-refractivity contribution in [2.24, 2.45) is 0 Å². The Balaban J connectivity index is 3.52. The molecule has 0 bridgehead atoms. The normalized spacial score (nSPS) is 10.0. The van der Waals surface area contributed by atoms with Crippen LogP contribution in [0.25, 0.3) is 0 Å². The Morgan fingerprint density at radius 1 is 1.40 bits per heavy atom. The van der Waals surface area contributed by atoms with Crippen molar-refractivity contribution in [2.75, 3.05) is 14.2 Å². The van der Waals surface area contributed by atoms with Crippen molar-refractivity contribution in [3.63, 3.8) is 0 Å². The molecule has 0 amide bonds. The van der Waals surface area contributed by atoms with E-state index in [2.05, 4.69) is 0 Å². The van der Waals surface area contributed by atoms with E-state index in [-0.39, 0.29) is 5.97 Å². The standard InChI is InChI=1S/C5H12O4Si/c1-4-5(6)9-10(7-2)8-3/h10H,4H2,1-3H3. The van der Waals surface area contributed by atoms with Crippen molar-refractivity contribution in [2.45, 2.75) is 13.3 Å². The average molecular weight is 164 g/mol. The molecule has 5 heteroatoms. The minimum absolute atomic E-state index is 0.277. The molecule has 0 aromatic carbocycles. The number of carbonyl (C=O) groups is 1. The van der Waals surface area contributed by atoms with Crippen molar-refractivity contribution < 1.29 is 18.1 Å². The van der Waals surface area contributed by atoms with Crippen LogP contribution in [0.3, 0.4) is 0 Å². The van der Waals surface area contributed by atoms with Gasteiger partial charge in [-0.15, -0.1) is 0 Å². The van der Waals surface area contributed by atoms with E-state index in [0.29, 0.717) is 6.42 Å². The molecule has 0 saturated heterocycles. The number of hydrogen-bond acceptors (Lipinski definition) is 4. The lowest BCUT2D eigenvalue weighted by Gasteiger charge is -2.09. The summed E-state index contributed by atoms with van der Waals surface area (Å²) in [6, 6.07) is 0. The fourth-order valence-corrected chi connectivity index (χ4v) is 1.15. The molecule has 0 N–H and O–H groups in total. The first-order valence-corrected chi connectivity index (χ1v) is 4.41. The van der Waals surface area contributed by atoms with Gasteiger partial charge < -0.3 is 13.3 Å². The van der Waals surface area contributed by atoms with Crippen LogP contribution in [0.15, 0.2) is 0 Å². The third-order valence-electron chi connectivity index (χ3n) is 0.901. The van der Waals surface area contributed by atoms with E-state index in [1.54, 1.807) is 6.92 Å². The van der Waals surface area contributed by atoms with E-state index >= 15 is 0 Å². The summed E-state index contributed by atoms with van der Waals surface area (Å²) in [5.41, 5.74) is 0. The van der Waals surface area contributed by atoms with Crippen LogP contribution >= 0.6 is 0 Å². The lowest BCUT2D eigenvalue weighted by Crippen LogP contribution is -2.26. The van der Waals surface area contributed by atoms with Gasteiger partial charge in [0.1, 0.15) is 0 Å². The Hall–Kier alpha value is -0.393.